The molecule has 0 aliphatic heterocycles. The number of fused-ring (bicyclic) bond motifs is 1. The van der Waals surface area contributed by atoms with E-state index in [1.165, 1.54) is 44.1 Å². The second-order valence-corrected chi connectivity index (χ2v) is 11.7. The summed E-state index contributed by atoms with van der Waals surface area (Å²) < 4.78 is 6.34. The van der Waals surface area contributed by atoms with Gasteiger partial charge in [0.1, 0.15) is 5.75 Å². The van der Waals surface area contributed by atoms with Crippen molar-refractivity contribution in [2.24, 2.45) is 17.8 Å². The molecule has 5 nitrogen and oxygen atoms in total. The van der Waals surface area contributed by atoms with Gasteiger partial charge in [0.2, 0.25) is 0 Å². The monoisotopic (exact) mass is 498 g/mol. The number of aliphatic carboxylic acids is 1. The van der Waals surface area contributed by atoms with Gasteiger partial charge in [-0.3, -0.25) is 0 Å². The second kappa shape index (κ2) is 9.20. The van der Waals surface area contributed by atoms with Crippen molar-refractivity contribution in [3.8, 4) is 16.9 Å². The van der Waals surface area contributed by atoms with Crippen LogP contribution in [0.25, 0.3) is 21.9 Å². The zero-order valence-electron chi connectivity index (χ0n) is 21.3. The molecule has 7 rings (SSSR count). The summed E-state index contributed by atoms with van der Waals surface area (Å²) >= 11 is 0. The van der Waals surface area contributed by atoms with E-state index in [0.717, 1.165) is 51.8 Å². The Morgan fingerprint density at radius 3 is 2.05 bits per heavy atom. The maximum Gasteiger partial charge on any atom is 0.344 e. The highest BCUT2D eigenvalue weighted by molar-refractivity contribution is 5.91. The molecule has 0 saturated heterocycles. The Hall–Kier alpha value is -3.34. The minimum Gasteiger partial charge on any atom is -0.479 e. The molecule has 0 amide bonds. The lowest BCUT2D eigenvalue weighted by Gasteiger charge is -2.57. The highest BCUT2D eigenvalue weighted by Gasteiger charge is 2.52. The van der Waals surface area contributed by atoms with Crippen LogP contribution in [0.5, 0.6) is 5.75 Å². The largest absolute Gasteiger partial charge is 0.479 e. The van der Waals surface area contributed by atoms with Crippen molar-refractivity contribution in [3.63, 3.8) is 0 Å². The summed E-state index contributed by atoms with van der Waals surface area (Å²) in [6, 6.07) is 17.6. The van der Waals surface area contributed by atoms with Gasteiger partial charge < -0.3 is 14.9 Å². The van der Waals surface area contributed by atoms with Crippen molar-refractivity contribution in [2.75, 3.05) is 0 Å². The van der Waals surface area contributed by atoms with Crippen LogP contribution in [0, 0.1) is 17.8 Å². The molecule has 1 unspecified atom stereocenters. The fourth-order valence-corrected chi connectivity index (χ4v) is 7.86. The van der Waals surface area contributed by atoms with Crippen molar-refractivity contribution in [3.05, 3.63) is 65.7 Å². The lowest BCUT2D eigenvalue weighted by Crippen LogP contribution is -2.48. The minimum atomic E-state index is -0.930. The van der Waals surface area contributed by atoms with Crippen LogP contribution in [0.15, 0.2) is 54.6 Å². The van der Waals surface area contributed by atoms with E-state index >= 15 is 0 Å². The minimum absolute atomic E-state index is 0.0622. The molecule has 0 spiro atoms. The van der Waals surface area contributed by atoms with Gasteiger partial charge in [-0.2, -0.15) is 0 Å². The van der Waals surface area contributed by atoms with Gasteiger partial charge in [-0.15, -0.1) is 0 Å². The molecule has 0 heterocycles. The Balaban J connectivity index is 1.45. The molecule has 4 fully saturated rings. The van der Waals surface area contributed by atoms with E-state index in [-0.39, 0.29) is 11.0 Å². The lowest BCUT2D eigenvalue weighted by molar-refractivity contribution is -0.145. The first kappa shape index (κ1) is 24.0. The predicted molar refractivity (Wildman–Crippen MR) is 143 cm³/mol. The maximum atomic E-state index is 12.0. The summed E-state index contributed by atoms with van der Waals surface area (Å²) in [6.45, 7) is 1.99. The molecule has 37 heavy (non-hydrogen) atoms. The third-order valence-electron chi connectivity index (χ3n) is 9.11. The van der Waals surface area contributed by atoms with E-state index in [1.54, 1.807) is 12.1 Å². The number of hydrogen-bond acceptors (Lipinski definition) is 3. The van der Waals surface area contributed by atoms with E-state index in [0.29, 0.717) is 6.42 Å². The summed E-state index contributed by atoms with van der Waals surface area (Å²) in [5.41, 5.74) is 3.53. The summed E-state index contributed by atoms with van der Waals surface area (Å²) in [7, 11) is 0. The van der Waals surface area contributed by atoms with Gasteiger partial charge in [0.05, 0.1) is 5.56 Å². The number of carboxylic acid groups (broad SMARTS) is 2. The molecule has 1 atom stereocenters. The first-order valence-corrected chi connectivity index (χ1v) is 13.6. The Morgan fingerprint density at radius 2 is 1.49 bits per heavy atom. The molecule has 4 aliphatic carbocycles. The standard InChI is InChI=1S/C32H34O5/c1-2-3-28(31(35)36)37-29-15-25-9-8-24(22-4-6-23(7-5-22)30(33)34)13-26(25)14-27(29)32-16-19-10-20(17-32)12-21(11-19)18-32/h4-9,13-15,19-21,28H,2-3,10-12,16-18H2,1H3,(H,33,34)(H,35,36). The van der Waals surface area contributed by atoms with Gasteiger partial charge in [0.25, 0.3) is 0 Å². The molecule has 0 aromatic heterocycles. The molecule has 3 aromatic rings. The third-order valence-corrected chi connectivity index (χ3v) is 9.11. The topological polar surface area (TPSA) is 83.8 Å². The van der Waals surface area contributed by atoms with E-state index in [4.69, 9.17) is 4.74 Å². The number of carboxylic acids is 2. The molecule has 4 aliphatic rings. The molecule has 5 heteroatoms. The van der Waals surface area contributed by atoms with Crippen LogP contribution in [0.2, 0.25) is 0 Å². The average Bonchev–Trinajstić information content (AvgIpc) is 2.87. The number of rotatable bonds is 8. The SMILES string of the molecule is CCCC(Oc1cc2ccc(-c3ccc(C(=O)O)cc3)cc2cc1C12CC3CC(CC(C3)C1)C2)C(=O)O. The normalized spacial score (nSPS) is 26.8. The van der Waals surface area contributed by atoms with Gasteiger partial charge in [-0.25, -0.2) is 9.59 Å². The molecule has 192 valence electrons. The molecule has 4 bridgehead atoms. The van der Waals surface area contributed by atoms with Crippen LogP contribution in [-0.4, -0.2) is 28.3 Å². The van der Waals surface area contributed by atoms with Crippen molar-refractivity contribution >= 4 is 22.7 Å². The van der Waals surface area contributed by atoms with Crippen LogP contribution in [-0.2, 0) is 10.2 Å². The van der Waals surface area contributed by atoms with Gasteiger partial charge in [-0.1, -0.05) is 37.6 Å². The molecular formula is C32H34O5. The Morgan fingerprint density at radius 1 is 0.865 bits per heavy atom. The van der Waals surface area contributed by atoms with Crippen LogP contribution < -0.4 is 4.74 Å². The number of hydrogen-bond donors (Lipinski definition) is 2. The summed E-state index contributed by atoms with van der Waals surface area (Å²) in [4.78, 5) is 23.3. The van der Waals surface area contributed by atoms with Crippen LogP contribution in [0.3, 0.4) is 0 Å². The highest BCUT2D eigenvalue weighted by Crippen LogP contribution is 2.62. The van der Waals surface area contributed by atoms with Crippen LogP contribution >= 0.6 is 0 Å². The number of carbonyl (C=O) groups is 2. The second-order valence-electron chi connectivity index (χ2n) is 11.7. The summed E-state index contributed by atoms with van der Waals surface area (Å²) in [5, 5.41) is 21.2. The van der Waals surface area contributed by atoms with Gasteiger partial charge in [0, 0.05) is 5.56 Å². The first-order chi connectivity index (χ1) is 17.8. The van der Waals surface area contributed by atoms with Crippen molar-refractivity contribution < 1.29 is 24.5 Å². The van der Waals surface area contributed by atoms with E-state index < -0.39 is 18.0 Å². The van der Waals surface area contributed by atoms with Gasteiger partial charge in [-0.05, 0) is 120 Å². The Labute approximate surface area is 217 Å². The van der Waals surface area contributed by atoms with Crippen LogP contribution in [0.4, 0.5) is 0 Å². The predicted octanol–water partition coefficient (Wildman–Crippen LogP) is 7.30. The quantitative estimate of drug-likeness (QED) is 0.340. The molecule has 4 saturated carbocycles. The fourth-order valence-electron chi connectivity index (χ4n) is 7.86. The zero-order valence-corrected chi connectivity index (χ0v) is 21.3. The number of aromatic carboxylic acids is 1. The molecule has 0 radical (unpaired) electrons. The molecule has 2 N–H and O–H groups in total. The first-order valence-electron chi connectivity index (χ1n) is 13.6. The van der Waals surface area contributed by atoms with Gasteiger partial charge in [0.15, 0.2) is 6.10 Å². The van der Waals surface area contributed by atoms with E-state index in [9.17, 15) is 19.8 Å². The summed E-state index contributed by atoms with van der Waals surface area (Å²) in [6.07, 6.45) is 7.92. The van der Waals surface area contributed by atoms with E-state index in [1.807, 2.05) is 25.1 Å². The van der Waals surface area contributed by atoms with E-state index in [2.05, 4.69) is 24.3 Å². The van der Waals surface area contributed by atoms with Crippen molar-refractivity contribution in [1.82, 2.24) is 0 Å². The smallest absolute Gasteiger partial charge is 0.344 e. The molecular weight excluding hydrogens is 464 g/mol. The average molecular weight is 499 g/mol. The van der Waals surface area contributed by atoms with Crippen molar-refractivity contribution in [1.29, 1.82) is 0 Å². The zero-order chi connectivity index (χ0) is 25.7. The Bertz CT molecular complexity index is 1320. The highest BCUT2D eigenvalue weighted by atomic mass is 16.5. The van der Waals surface area contributed by atoms with Crippen LogP contribution in [0.1, 0.15) is 74.2 Å². The fraction of sp³-hybridized carbons (Fsp3) is 0.438. The number of benzene rings is 3. The van der Waals surface area contributed by atoms with Gasteiger partial charge >= 0.3 is 11.9 Å². The lowest BCUT2D eigenvalue weighted by atomic mass is 9.48. The maximum absolute atomic E-state index is 12.0. The summed E-state index contributed by atoms with van der Waals surface area (Å²) in [5.74, 6) is 1.20. The molecule has 3 aromatic carbocycles. The number of ether oxygens (including phenoxy) is 1. The Kier molecular flexibility index (Phi) is 5.97. The van der Waals surface area contributed by atoms with Crippen molar-refractivity contribution in [2.45, 2.75) is 69.8 Å². The third kappa shape index (κ3) is 4.39.